The molecule has 0 fully saturated rings. The third kappa shape index (κ3) is 1.66. The molecule has 1 heterocycles. The zero-order valence-electron chi connectivity index (χ0n) is 8.65. The highest BCUT2D eigenvalue weighted by molar-refractivity contribution is 5.69. The number of para-hydroxylation sites is 1. The smallest absolute Gasteiger partial charge is 0.172 e. The lowest BCUT2D eigenvalue weighted by Gasteiger charge is -2.07. The Labute approximate surface area is 87.6 Å². The molecule has 0 unspecified atom stereocenters. The molecule has 2 aromatic rings. The third-order valence-corrected chi connectivity index (χ3v) is 2.21. The van der Waals surface area contributed by atoms with Gasteiger partial charge in [0.05, 0.1) is 12.7 Å². The first-order valence-corrected chi connectivity index (χ1v) is 4.58. The average Bonchev–Trinajstić information content (AvgIpc) is 2.64. The number of aromatic nitrogens is 1. The highest BCUT2D eigenvalue weighted by Gasteiger charge is 2.12. The molecule has 4 heteroatoms. The van der Waals surface area contributed by atoms with Crippen molar-refractivity contribution in [2.75, 3.05) is 12.8 Å². The van der Waals surface area contributed by atoms with Crippen LogP contribution in [0.2, 0.25) is 0 Å². The predicted molar refractivity (Wildman–Crippen MR) is 57.6 cm³/mol. The zero-order valence-corrected chi connectivity index (χ0v) is 8.65. The fourth-order valence-corrected chi connectivity index (χ4v) is 1.53. The summed E-state index contributed by atoms with van der Waals surface area (Å²) in [5.41, 5.74) is 7.41. The largest absolute Gasteiger partial charge is 0.496 e. The topological polar surface area (TPSA) is 61.3 Å². The number of benzene rings is 1. The van der Waals surface area contributed by atoms with Gasteiger partial charge >= 0.3 is 0 Å². The van der Waals surface area contributed by atoms with Crippen molar-refractivity contribution >= 4 is 5.82 Å². The van der Waals surface area contributed by atoms with Gasteiger partial charge in [-0.25, -0.2) is 0 Å². The van der Waals surface area contributed by atoms with Crippen LogP contribution >= 0.6 is 0 Å². The molecule has 0 spiro atoms. The van der Waals surface area contributed by atoms with Crippen LogP contribution in [0.5, 0.6) is 5.75 Å². The van der Waals surface area contributed by atoms with Gasteiger partial charge in [-0.2, -0.15) is 0 Å². The van der Waals surface area contributed by atoms with Crippen LogP contribution in [0.4, 0.5) is 5.82 Å². The maximum atomic E-state index is 5.50. The highest BCUT2D eigenvalue weighted by Crippen LogP contribution is 2.33. The van der Waals surface area contributed by atoms with Crippen molar-refractivity contribution in [2.45, 2.75) is 6.92 Å². The number of ether oxygens (including phenoxy) is 1. The monoisotopic (exact) mass is 204 g/mol. The minimum absolute atomic E-state index is 0.369. The van der Waals surface area contributed by atoms with Gasteiger partial charge in [-0.15, -0.1) is 0 Å². The van der Waals surface area contributed by atoms with Crippen LogP contribution in [-0.4, -0.2) is 12.3 Å². The quantitative estimate of drug-likeness (QED) is 0.814. The van der Waals surface area contributed by atoms with Crippen molar-refractivity contribution in [1.82, 2.24) is 5.16 Å². The van der Waals surface area contributed by atoms with Crippen LogP contribution in [0.15, 0.2) is 28.8 Å². The molecule has 0 radical (unpaired) electrons. The molecule has 78 valence electrons. The minimum atomic E-state index is 0.369. The molecule has 2 N–H and O–H groups in total. The van der Waals surface area contributed by atoms with Crippen LogP contribution in [-0.2, 0) is 0 Å². The lowest BCUT2D eigenvalue weighted by Crippen LogP contribution is -1.90. The Kier molecular flexibility index (Phi) is 2.33. The summed E-state index contributed by atoms with van der Waals surface area (Å²) in [6.07, 6.45) is 0. The van der Waals surface area contributed by atoms with E-state index in [9.17, 15) is 0 Å². The van der Waals surface area contributed by atoms with E-state index in [2.05, 4.69) is 5.16 Å². The Bertz CT molecular complexity index is 477. The second kappa shape index (κ2) is 3.65. The minimum Gasteiger partial charge on any atom is -0.496 e. The Morgan fingerprint density at radius 1 is 1.40 bits per heavy atom. The number of anilines is 1. The number of rotatable bonds is 2. The fraction of sp³-hybridized carbons (Fsp3) is 0.182. The molecule has 0 aliphatic rings. The van der Waals surface area contributed by atoms with Gasteiger partial charge in [0.1, 0.15) is 5.75 Å². The molecule has 0 amide bonds. The molecule has 15 heavy (non-hydrogen) atoms. The van der Waals surface area contributed by atoms with Crippen LogP contribution in [0.1, 0.15) is 5.56 Å². The van der Waals surface area contributed by atoms with E-state index in [-0.39, 0.29) is 0 Å². The maximum absolute atomic E-state index is 5.50. The van der Waals surface area contributed by atoms with E-state index in [1.807, 2.05) is 25.1 Å². The van der Waals surface area contributed by atoms with E-state index in [0.29, 0.717) is 11.6 Å². The standard InChI is InChI=1S/C11H12N2O2/c1-7-4-3-5-8(11(7)14-2)9-6-10(12)13-15-9/h3-6H,1-2H3,(H2,12,13). The van der Waals surface area contributed by atoms with Crippen LogP contribution < -0.4 is 10.5 Å². The molecule has 0 saturated heterocycles. The number of nitrogens with zero attached hydrogens (tertiary/aromatic N) is 1. The molecule has 0 aliphatic heterocycles. The number of aryl methyl sites for hydroxylation is 1. The Balaban J connectivity index is 2.57. The van der Waals surface area contributed by atoms with Gasteiger partial charge in [0.15, 0.2) is 11.6 Å². The van der Waals surface area contributed by atoms with Crippen molar-refractivity contribution in [1.29, 1.82) is 0 Å². The van der Waals surface area contributed by atoms with Crippen molar-refractivity contribution in [2.24, 2.45) is 0 Å². The Morgan fingerprint density at radius 2 is 2.20 bits per heavy atom. The molecule has 0 saturated carbocycles. The molecule has 1 aromatic carbocycles. The van der Waals surface area contributed by atoms with E-state index in [0.717, 1.165) is 16.9 Å². The first kappa shape index (κ1) is 9.58. The van der Waals surface area contributed by atoms with Gasteiger partial charge in [-0.3, -0.25) is 0 Å². The summed E-state index contributed by atoms with van der Waals surface area (Å²) < 4.78 is 10.4. The molecule has 2 rings (SSSR count). The predicted octanol–water partition coefficient (Wildman–Crippen LogP) is 2.24. The molecule has 4 nitrogen and oxygen atoms in total. The summed E-state index contributed by atoms with van der Waals surface area (Å²) in [4.78, 5) is 0. The second-order valence-corrected chi connectivity index (χ2v) is 3.27. The first-order valence-electron chi connectivity index (χ1n) is 4.58. The van der Waals surface area contributed by atoms with Gasteiger partial charge < -0.3 is 15.0 Å². The van der Waals surface area contributed by atoms with Gasteiger partial charge in [0, 0.05) is 6.07 Å². The number of nitrogen functional groups attached to an aromatic ring is 1. The van der Waals surface area contributed by atoms with E-state index in [1.165, 1.54) is 0 Å². The summed E-state index contributed by atoms with van der Waals surface area (Å²) in [6, 6.07) is 7.50. The second-order valence-electron chi connectivity index (χ2n) is 3.27. The van der Waals surface area contributed by atoms with Crippen LogP contribution in [0.3, 0.4) is 0 Å². The highest BCUT2D eigenvalue weighted by atomic mass is 16.5. The Morgan fingerprint density at radius 3 is 2.80 bits per heavy atom. The summed E-state index contributed by atoms with van der Waals surface area (Å²) in [6.45, 7) is 1.97. The van der Waals surface area contributed by atoms with Crippen molar-refractivity contribution in [3.05, 3.63) is 29.8 Å². The average molecular weight is 204 g/mol. The van der Waals surface area contributed by atoms with Crippen molar-refractivity contribution in [3.8, 4) is 17.1 Å². The molecule has 0 atom stereocenters. The summed E-state index contributed by atoms with van der Waals surface area (Å²) in [5.74, 6) is 1.77. The first-order chi connectivity index (χ1) is 7.22. The van der Waals surface area contributed by atoms with Crippen LogP contribution in [0, 0.1) is 6.92 Å². The lowest BCUT2D eigenvalue weighted by atomic mass is 10.1. The van der Waals surface area contributed by atoms with Gasteiger partial charge in [-0.05, 0) is 18.6 Å². The van der Waals surface area contributed by atoms with E-state index in [4.69, 9.17) is 15.0 Å². The van der Waals surface area contributed by atoms with Crippen molar-refractivity contribution in [3.63, 3.8) is 0 Å². The van der Waals surface area contributed by atoms with E-state index >= 15 is 0 Å². The van der Waals surface area contributed by atoms with Gasteiger partial charge in [-0.1, -0.05) is 17.3 Å². The normalized spacial score (nSPS) is 10.3. The molecular weight excluding hydrogens is 192 g/mol. The lowest BCUT2D eigenvalue weighted by molar-refractivity contribution is 0.404. The number of hydrogen-bond donors (Lipinski definition) is 1. The zero-order chi connectivity index (χ0) is 10.8. The number of nitrogens with two attached hydrogens (primary N) is 1. The summed E-state index contributed by atoms with van der Waals surface area (Å²) in [5, 5.41) is 3.65. The molecule has 0 aliphatic carbocycles. The maximum Gasteiger partial charge on any atom is 0.172 e. The molecular formula is C11H12N2O2. The van der Waals surface area contributed by atoms with E-state index < -0.39 is 0 Å². The van der Waals surface area contributed by atoms with Crippen LogP contribution in [0.25, 0.3) is 11.3 Å². The van der Waals surface area contributed by atoms with Crippen molar-refractivity contribution < 1.29 is 9.26 Å². The summed E-state index contributed by atoms with van der Waals surface area (Å²) >= 11 is 0. The molecule has 0 bridgehead atoms. The third-order valence-electron chi connectivity index (χ3n) is 2.21. The van der Waals surface area contributed by atoms with Gasteiger partial charge in [0.25, 0.3) is 0 Å². The van der Waals surface area contributed by atoms with Gasteiger partial charge in [0.2, 0.25) is 0 Å². The SMILES string of the molecule is COc1c(C)cccc1-c1cc(N)no1. The van der Waals surface area contributed by atoms with E-state index in [1.54, 1.807) is 13.2 Å². The Hall–Kier alpha value is -1.97. The number of hydrogen-bond acceptors (Lipinski definition) is 4. The summed E-state index contributed by atoms with van der Waals surface area (Å²) in [7, 11) is 1.63. The molecule has 1 aromatic heterocycles. The fourth-order valence-electron chi connectivity index (χ4n) is 1.53. The number of methoxy groups -OCH3 is 1.